The maximum atomic E-state index is 10.0. The summed E-state index contributed by atoms with van der Waals surface area (Å²) >= 11 is 0. The minimum Gasteiger partial charge on any atom is -0.490 e. The number of nitrogens with zero attached hydrogens (tertiary/aromatic N) is 2. The van der Waals surface area contributed by atoms with Crippen molar-refractivity contribution in [3.63, 3.8) is 0 Å². The van der Waals surface area contributed by atoms with Gasteiger partial charge >= 0.3 is 0 Å². The Morgan fingerprint density at radius 1 is 0.294 bits per heavy atom. The maximum Gasteiger partial charge on any atom is 0.171 e. The van der Waals surface area contributed by atoms with Crippen LogP contribution in [-0.4, -0.2) is 26.4 Å². The van der Waals surface area contributed by atoms with Crippen LogP contribution < -0.4 is 28.4 Å². The van der Waals surface area contributed by atoms with Gasteiger partial charge in [-0.25, -0.2) is 0 Å². The summed E-state index contributed by atoms with van der Waals surface area (Å²) in [5.41, 5.74) is 0.399. The summed E-state index contributed by atoms with van der Waals surface area (Å²) in [6.45, 7) is 11.4. The predicted octanol–water partition coefficient (Wildman–Crippen LogP) is 19.1. The van der Waals surface area contributed by atoms with Crippen LogP contribution in [0.4, 0.5) is 0 Å². The van der Waals surface area contributed by atoms with Crippen LogP contribution in [-0.2, 0) is 0 Å². The summed E-state index contributed by atoms with van der Waals surface area (Å²) in [5, 5.41) is 20.1. The molecule has 0 bridgehead atoms. The Kier molecular flexibility index (Phi) is 33.4. The van der Waals surface area contributed by atoms with Crippen LogP contribution in [0.2, 0.25) is 0 Å². The van der Waals surface area contributed by atoms with E-state index in [1.165, 1.54) is 154 Å². The summed E-state index contributed by atoms with van der Waals surface area (Å²) in [7, 11) is 0. The fourth-order valence-electron chi connectivity index (χ4n) is 8.40. The van der Waals surface area contributed by atoms with E-state index in [1.807, 2.05) is 36.4 Å². The van der Waals surface area contributed by atoms with Crippen molar-refractivity contribution in [2.45, 2.75) is 233 Å². The Bertz CT molecular complexity index is 1680. The van der Waals surface area contributed by atoms with E-state index in [1.54, 1.807) is 12.1 Å². The molecular formula is C60H92N2O6. The summed E-state index contributed by atoms with van der Waals surface area (Å²) in [6, 6.07) is 18.7. The van der Waals surface area contributed by atoms with Gasteiger partial charge in [0.05, 0.1) is 37.6 Å². The van der Waals surface area contributed by atoms with Crippen molar-refractivity contribution in [1.29, 1.82) is 10.5 Å². The van der Waals surface area contributed by atoms with Crippen molar-refractivity contribution in [3.8, 4) is 58.1 Å². The van der Waals surface area contributed by atoms with Gasteiger partial charge in [-0.15, -0.1) is 0 Å². The molecule has 0 unspecified atom stereocenters. The highest BCUT2D eigenvalue weighted by Crippen LogP contribution is 2.42. The van der Waals surface area contributed by atoms with Gasteiger partial charge < -0.3 is 28.4 Å². The molecule has 3 aromatic carbocycles. The van der Waals surface area contributed by atoms with Crippen molar-refractivity contribution in [2.24, 2.45) is 0 Å². The van der Waals surface area contributed by atoms with Crippen LogP contribution in [0.15, 0.2) is 48.5 Å². The Morgan fingerprint density at radius 3 is 0.809 bits per heavy atom. The van der Waals surface area contributed by atoms with Crippen molar-refractivity contribution in [1.82, 2.24) is 0 Å². The lowest BCUT2D eigenvalue weighted by molar-refractivity contribution is 0.257. The zero-order valence-corrected chi connectivity index (χ0v) is 43.4. The SMILES string of the molecule is CCCCCCCCCCOc1ccc(Oc2cc(C#N)c(C#N)cc2Oc2ccc(OCCCCCCCCCC)c(OCCCCCCCCCC)c2)cc1OCCCCCCCCCC. The molecule has 0 aromatic heterocycles. The number of hydrogen-bond donors (Lipinski definition) is 0. The summed E-state index contributed by atoms with van der Waals surface area (Å²) in [5.74, 6) is 4.26. The molecule has 0 aliphatic carbocycles. The molecule has 378 valence electrons. The molecule has 8 heteroatoms. The number of unbranched alkanes of at least 4 members (excludes halogenated alkanes) is 28. The minimum atomic E-state index is 0.199. The molecule has 3 rings (SSSR count). The lowest BCUT2D eigenvalue weighted by Gasteiger charge is -2.18. The van der Waals surface area contributed by atoms with Gasteiger partial charge in [-0.05, 0) is 49.9 Å². The molecule has 0 saturated carbocycles. The number of ether oxygens (including phenoxy) is 6. The fraction of sp³-hybridized carbons (Fsp3) is 0.667. The topological polar surface area (TPSA) is 103 Å². The Balaban J connectivity index is 1.78. The second-order valence-corrected chi connectivity index (χ2v) is 18.8. The van der Waals surface area contributed by atoms with Crippen molar-refractivity contribution < 1.29 is 28.4 Å². The highest BCUT2D eigenvalue weighted by atomic mass is 16.5. The third kappa shape index (κ3) is 25.7. The second-order valence-electron chi connectivity index (χ2n) is 18.8. The fourth-order valence-corrected chi connectivity index (χ4v) is 8.40. The van der Waals surface area contributed by atoms with Gasteiger partial charge in [0, 0.05) is 24.3 Å². The molecule has 0 aliphatic rings. The molecule has 0 fully saturated rings. The van der Waals surface area contributed by atoms with Gasteiger partial charge in [-0.2, -0.15) is 10.5 Å². The first-order valence-electron chi connectivity index (χ1n) is 27.7. The minimum absolute atomic E-state index is 0.199. The molecular weight excluding hydrogens is 845 g/mol. The monoisotopic (exact) mass is 937 g/mol. The average molecular weight is 937 g/mol. The molecule has 0 atom stereocenters. The Morgan fingerprint density at radius 2 is 0.544 bits per heavy atom. The highest BCUT2D eigenvalue weighted by molar-refractivity contribution is 5.59. The zero-order chi connectivity index (χ0) is 48.5. The van der Waals surface area contributed by atoms with Gasteiger partial charge in [-0.3, -0.25) is 0 Å². The van der Waals surface area contributed by atoms with Crippen molar-refractivity contribution >= 4 is 0 Å². The van der Waals surface area contributed by atoms with E-state index in [0.717, 1.165) is 51.4 Å². The van der Waals surface area contributed by atoms with E-state index in [2.05, 4.69) is 39.8 Å². The quantitative estimate of drug-likeness (QED) is 0.0517. The number of nitriles is 2. The Labute approximate surface area is 414 Å². The highest BCUT2D eigenvalue weighted by Gasteiger charge is 2.18. The first kappa shape index (κ1) is 57.8. The Hall–Kier alpha value is -4.56. The second kappa shape index (κ2) is 39.3. The molecule has 0 saturated heterocycles. The van der Waals surface area contributed by atoms with Gasteiger partial charge in [-0.1, -0.05) is 207 Å². The van der Waals surface area contributed by atoms with Crippen LogP contribution in [0.5, 0.6) is 46.0 Å². The molecule has 8 nitrogen and oxygen atoms in total. The molecule has 0 N–H and O–H groups in total. The number of rotatable bonds is 44. The average Bonchev–Trinajstić information content (AvgIpc) is 3.35. The predicted molar refractivity (Wildman–Crippen MR) is 281 cm³/mol. The largest absolute Gasteiger partial charge is 0.490 e. The van der Waals surface area contributed by atoms with Crippen molar-refractivity contribution in [2.75, 3.05) is 26.4 Å². The van der Waals surface area contributed by atoms with Gasteiger partial charge in [0.1, 0.15) is 23.6 Å². The van der Waals surface area contributed by atoms with Crippen LogP contribution in [0.1, 0.15) is 244 Å². The van der Waals surface area contributed by atoms with Crippen LogP contribution in [0.25, 0.3) is 0 Å². The van der Waals surface area contributed by atoms with Gasteiger partial charge in [0.15, 0.2) is 34.5 Å². The summed E-state index contributed by atoms with van der Waals surface area (Å²) < 4.78 is 38.5. The molecule has 0 amide bonds. The maximum absolute atomic E-state index is 10.0. The molecule has 0 aliphatic heterocycles. The van der Waals surface area contributed by atoms with E-state index >= 15 is 0 Å². The van der Waals surface area contributed by atoms with Crippen LogP contribution in [0.3, 0.4) is 0 Å². The third-order valence-electron chi connectivity index (χ3n) is 12.6. The van der Waals surface area contributed by atoms with E-state index < -0.39 is 0 Å². The summed E-state index contributed by atoms with van der Waals surface area (Å²) in [4.78, 5) is 0. The zero-order valence-electron chi connectivity index (χ0n) is 43.4. The lowest BCUT2D eigenvalue weighted by Crippen LogP contribution is -2.03. The van der Waals surface area contributed by atoms with Gasteiger partial charge in [0.2, 0.25) is 0 Å². The van der Waals surface area contributed by atoms with Crippen LogP contribution >= 0.6 is 0 Å². The number of hydrogen-bond acceptors (Lipinski definition) is 8. The van der Waals surface area contributed by atoms with E-state index in [9.17, 15) is 10.5 Å². The van der Waals surface area contributed by atoms with Crippen LogP contribution in [0, 0.1) is 22.7 Å². The van der Waals surface area contributed by atoms with Gasteiger partial charge in [0.25, 0.3) is 0 Å². The standard InChI is InChI=1S/C60H92N2O6/c1-5-9-13-17-21-25-29-33-41-63-55-39-37-53(47-57(55)65-43-35-31-27-23-19-15-11-7-3)67-59-45-51(49-61)52(50-62)46-60(59)68-54-38-40-56(64-42-34-30-26-22-18-14-10-6-2)58(48-54)66-44-36-32-28-24-20-16-12-8-4/h37-40,45-48H,5-36,41-44H2,1-4H3. The smallest absolute Gasteiger partial charge is 0.171 e. The lowest BCUT2D eigenvalue weighted by atomic mass is 10.1. The molecule has 68 heavy (non-hydrogen) atoms. The molecule has 0 radical (unpaired) electrons. The van der Waals surface area contributed by atoms with E-state index in [0.29, 0.717) is 72.4 Å². The molecule has 0 heterocycles. The molecule has 3 aromatic rings. The molecule has 0 spiro atoms. The normalized spacial score (nSPS) is 11.0. The van der Waals surface area contributed by atoms with E-state index in [-0.39, 0.29) is 11.1 Å². The van der Waals surface area contributed by atoms with E-state index in [4.69, 9.17) is 28.4 Å². The third-order valence-corrected chi connectivity index (χ3v) is 12.6. The number of benzene rings is 3. The summed E-state index contributed by atoms with van der Waals surface area (Å²) in [6.07, 6.45) is 39.2. The van der Waals surface area contributed by atoms with Crippen molar-refractivity contribution in [3.05, 3.63) is 59.7 Å². The first-order valence-corrected chi connectivity index (χ1v) is 27.7. The first-order chi connectivity index (χ1) is 33.6.